The van der Waals surface area contributed by atoms with Crippen LogP contribution in [-0.4, -0.2) is 156 Å². The van der Waals surface area contributed by atoms with Crippen LogP contribution < -0.4 is 9.74 Å². The third-order valence-electron chi connectivity index (χ3n) is 12.7. The minimum absolute atomic E-state index is 0.0100. The van der Waals surface area contributed by atoms with Crippen LogP contribution in [0.15, 0.2) is 81.7 Å². The SMILES string of the molecule is CCN1C(=CC(C)=CC2=[N+](CCCCCC(=O)On3c(O)ccc3O)c3ccc(S(=O)(=O)O)cc3C2(C)CCOCCOCCOCCOCCOC)C(C)(CCCS(=O)(=O)O)c2cc(S(=O)(=O)O)ccc21. The maximum atomic E-state index is 12.6. The number of allylic oxidation sites excluding steroid dienone is 4. The van der Waals surface area contributed by atoms with Crippen molar-refractivity contribution < 1.29 is 87.0 Å². The normalized spacial score (nSPS) is 18.9. The quantitative estimate of drug-likeness (QED) is 0.0308. The number of carbonyl (C=O) groups excluding carboxylic acids is 1. The highest BCUT2D eigenvalue weighted by atomic mass is 32.2. The maximum Gasteiger partial charge on any atom is 0.333 e. The topological polar surface area (TPSA) is 287 Å². The van der Waals surface area contributed by atoms with Crippen LogP contribution in [0.5, 0.6) is 11.8 Å². The van der Waals surface area contributed by atoms with Crippen molar-refractivity contribution in [3.63, 3.8) is 0 Å². The molecule has 0 spiro atoms. The van der Waals surface area contributed by atoms with Gasteiger partial charge in [-0.25, -0.2) is 4.79 Å². The first kappa shape index (κ1) is 58.2. The van der Waals surface area contributed by atoms with Crippen LogP contribution >= 0.6 is 0 Å². The number of fused-ring (bicyclic) bond motifs is 2. The van der Waals surface area contributed by atoms with Crippen molar-refractivity contribution in [2.75, 3.05) is 90.3 Å². The average molecular weight is 1070 g/mol. The first-order chi connectivity index (χ1) is 33.9. The second-order valence-electron chi connectivity index (χ2n) is 17.9. The number of unbranched alkanes of at least 4 members (excludes halogenated alkanes) is 2. The Bertz CT molecular complexity index is 2790. The Morgan fingerprint density at radius 3 is 1.81 bits per heavy atom. The van der Waals surface area contributed by atoms with Gasteiger partial charge in [0.05, 0.1) is 73.8 Å². The number of likely N-dealkylation sites (N-methyl/N-ethyl adjacent to an activating group) is 1. The van der Waals surface area contributed by atoms with Gasteiger partial charge in [-0.1, -0.05) is 0 Å². The Morgan fingerprint density at radius 1 is 0.694 bits per heavy atom. The number of anilines is 1. The van der Waals surface area contributed by atoms with Crippen LogP contribution in [0.25, 0.3) is 0 Å². The van der Waals surface area contributed by atoms with Crippen LogP contribution in [0.4, 0.5) is 11.4 Å². The summed E-state index contributed by atoms with van der Waals surface area (Å²) in [4.78, 5) is 19.1. The largest absolute Gasteiger partial charge is 0.492 e. The summed E-state index contributed by atoms with van der Waals surface area (Å²) >= 11 is 0. The molecule has 0 bridgehead atoms. The van der Waals surface area contributed by atoms with E-state index in [1.165, 1.54) is 36.4 Å². The van der Waals surface area contributed by atoms with Gasteiger partial charge in [-0.3, -0.25) is 13.7 Å². The highest BCUT2D eigenvalue weighted by molar-refractivity contribution is 7.86. The van der Waals surface area contributed by atoms with E-state index in [2.05, 4.69) is 4.58 Å². The Labute approximate surface area is 421 Å². The molecule has 0 aliphatic carbocycles. The smallest absolute Gasteiger partial charge is 0.333 e. The van der Waals surface area contributed by atoms with E-state index in [-0.39, 0.29) is 48.9 Å². The standard InChI is InChI=1S/C48H67N3O18S3/c1-6-49-40-14-12-36(71(58,59)60)33-38(40)47(3,18-10-30-70(55,56)57)42(49)31-35(2)32-43-48(4,19-21-65-24-25-67-28-29-68-27-26-66-23-22-64-5)39-34-37(72(61,62)63)13-15-41(39)50(43)20-9-7-8-11-46(54)69-51-44(52)16-17-45(51)53/h12-17,31-34H,6-11,18-30H2,1-5H3,(H4-,52,53,55,56,57,58,59,60,61,62,63)/p+1. The van der Waals surface area contributed by atoms with Gasteiger partial charge in [-0.05, 0) is 107 Å². The van der Waals surface area contributed by atoms with Crippen LogP contribution in [-0.2, 0) is 69.7 Å². The number of methoxy groups -OCH3 is 1. The zero-order valence-electron chi connectivity index (χ0n) is 41.3. The molecule has 400 valence electrons. The summed E-state index contributed by atoms with van der Waals surface area (Å²) < 4.78 is 134. The van der Waals surface area contributed by atoms with Crippen LogP contribution in [0.1, 0.15) is 83.8 Å². The van der Waals surface area contributed by atoms with Crippen molar-refractivity contribution in [1.82, 2.24) is 4.73 Å². The second kappa shape index (κ2) is 25.5. The molecule has 2 atom stereocenters. The monoisotopic (exact) mass is 1070 g/mol. The van der Waals surface area contributed by atoms with Gasteiger partial charge in [0.15, 0.2) is 5.71 Å². The fraction of sp³-hybridized carbons (Fsp3) is 0.542. The predicted octanol–water partition coefficient (Wildman–Crippen LogP) is 5.36. The molecule has 21 nitrogen and oxygen atoms in total. The zero-order chi connectivity index (χ0) is 52.9. The fourth-order valence-electron chi connectivity index (χ4n) is 9.04. The molecule has 0 radical (unpaired) electrons. The van der Waals surface area contributed by atoms with Crippen molar-refractivity contribution in [1.29, 1.82) is 0 Å². The highest BCUT2D eigenvalue weighted by Crippen LogP contribution is 2.52. The van der Waals surface area contributed by atoms with Gasteiger partial charge in [-0.2, -0.15) is 29.8 Å². The van der Waals surface area contributed by atoms with Gasteiger partial charge in [0.25, 0.3) is 30.4 Å². The van der Waals surface area contributed by atoms with E-state index in [0.29, 0.717) is 117 Å². The Balaban J connectivity index is 1.48. The summed E-state index contributed by atoms with van der Waals surface area (Å²) in [6, 6.07) is 11.0. The molecule has 2 aromatic carbocycles. The van der Waals surface area contributed by atoms with Crippen LogP contribution in [0, 0.1) is 0 Å². The minimum atomic E-state index is -4.64. The maximum absolute atomic E-state index is 12.6. The lowest BCUT2D eigenvalue weighted by Crippen LogP contribution is -2.33. The molecule has 2 aliphatic heterocycles. The first-order valence-corrected chi connectivity index (χ1v) is 28.1. The molecule has 3 aromatic rings. The van der Waals surface area contributed by atoms with Gasteiger partial charge in [0.2, 0.25) is 17.4 Å². The average Bonchev–Trinajstić information content (AvgIpc) is 3.83. The van der Waals surface area contributed by atoms with Crippen molar-refractivity contribution in [3.05, 3.63) is 83.1 Å². The Kier molecular flexibility index (Phi) is 20.6. The van der Waals surface area contributed by atoms with E-state index >= 15 is 0 Å². The zero-order valence-corrected chi connectivity index (χ0v) is 43.8. The molecule has 2 unspecified atom stereocenters. The lowest BCUT2D eigenvalue weighted by molar-refractivity contribution is -0.438. The molecule has 3 heterocycles. The number of hydrogen-bond donors (Lipinski definition) is 5. The number of carbonyl (C=O) groups is 1. The summed E-state index contributed by atoms with van der Waals surface area (Å²) in [7, 11) is -12.0. The molecule has 24 heteroatoms. The molecule has 0 saturated heterocycles. The lowest BCUT2D eigenvalue weighted by Gasteiger charge is -2.30. The molecular formula is C48H68N3O18S3+. The van der Waals surface area contributed by atoms with Gasteiger partial charge in [0.1, 0.15) is 6.54 Å². The minimum Gasteiger partial charge on any atom is -0.492 e. The van der Waals surface area contributed by atoms with Gasteiger partial charge in [0, 0.05) is 79.7 Å². The van der Waals surface area contributed by atoms with Crippen LogP contribution in [0.2, 0.25) is 0 Å². The van der Waals surface area contributed by atoms with Gasteiger partial charge in [-0.15, -0.1) is 4.73 Å². The molecule has 1 aromatic heterocycles. The number of hydrogen-bond acceptors (Lipinski definition) is 16. The number of nitrogens with zero attached hydrogens (tertiary/aromatic N) is 3. The second-order valence-corrected chi connectivity index (χ2v) is 22.3. The third-order valence-corrected chi connectivity index (χ3v) is 15.2. The first-order valence-electron chi connectivity index (χ1n) is 23.6. The fourth-order valence-corrected chi connectivity index (χ4v) is 10.6. The molecule has 0 fully saturated rings. The number of aromatic hydroxyl groups is 2. The third kappa shape index (κ3) is 15.2. The molecule has 0 saturated carbocycles. The molecule has 0 amide bonds. The van der Waals surface area contributed by atoms with E-state index in [1.54, 1.807) is 19.2 Å². The molecule has 5 N–H and O–H groups in total. The number of benzene rings is 2. The van der Waals surface area contributed by atoms with E-state index < -0.39 is 64.7 Å². The number of aromatic nitrogens is 1. The number of rotatable bonds is 31. The molecule has 72 heavy (non-hydrogen) atoms. The Morgan fingerprint density at radius 2 is 1.25 bits per heavy atom. The summed E-state index contributed by atoms with van der Waals surface area (Å²) in [5.41, 5.74) is 2.58. The summed E-state index contributed by atoms with van der Waals surface area (Å²) in [5, 5.41) is 19.8. The van der Waals surface area contributed by atoms with E-state index in [0.717, 1.165) is 5.71 Å². The predicted molar refractivity (Wildman–Crippen MR) is 265 cm³/mol. The van der Waals surface area contributed by atoms with E-state index in [9.17, 15) is 53.9 Å². The number of ether oxygens (including phenoxy) is 5. The lowest BCUT2D eigenvalue weighted by atomic mass is 9.75. The molecule has 5 rings (SSSR count). The highest BCUT2D eigenvalue weighted by Gasteiger charge is 2.49. The van der Waals surface area contributed by atoms with E-state index in [4.69, 9.17) is 28.5 Å². The van der Waals surface area contributed by atoms with Crippen molar-refractivity contribution >= 4 is 53.4 Å². The van der Waals surface area contributed by atoms with Crippen molar-refractivity contribution in [3.8, 4) is 11.8 Å². The summed E-state index contributed by atoms with van der Waals surface area (Å²) in [6.45, 7) is 11.6. The molecule has 2 aliphatic rings. The van der Waals surface area contributed by atoms with Crippen molar-refractivity contribution in [2.24, 2.45) is 0 Å². The van der Waals surface area contributed by atoms with E-state index in [1.807, 2.05) is 44.7 Å². The molecular weight excluding hydrogens is 1000 g/mol. The Hall–Kier alpha value is -4.73. The van der Waals surface area contributed by atoms with Gasteiger partial charge < -0.3 is 43.6 Å². The summed E-state index contributed by atoms with van der Waals surface area (Å²) in [5.74, 6) is -2.12. The van der Waals surface area contributed by atoms with Crippen LogP contribution in [0.3, 0.4) is 0 Å². The van der Waals surface area contributed by atoms with Gasteiger partial charge >= 0.3 is 5.97 Å². The summed E-state index contributed by atoms with van der Waals surface area (Å²) in [6.07, 6.45) is 5.78. The van der Waals surface area contributed by atoms with Crippen molar-refractivity contribution in [2.45, 2.75) is 93.3 Å².